The smallest absolute Gasteiger partial charge is 0.407 e. The lowest BCUT2D eigenvalue weighted by atomic mass is 10.0. The fourth-order valence-electron chi connectivity index (χ4n) is 2.48. The Kier molecular flexibility index (Phi) is 6.07. The van der Waals surface area contributed by atoms with Gasteiger partial charge in [0.05, 0.1) is 0 Å². The first-order valence-corrected chi connectivity index (χ1v) is 7.25. The van der Waals surface area contributed by atoms with E-state index in [0.29, 0.717) is 12.0 Å². The molecule has 1 aliphatic carbocycles. The fraction of sp³-hybridized carbons (Fsp3) is 0.929. The van der Waals surface area contributed by atoms with Crippen molar-refractivity contribution in [1.82, 2.24) is 10.6 Å². The van der Waals surface area contributed by atoms with E-state index in [0.717, 1.165) is 13.1 Å². The number of carbonyl (C=O) groups is 1. The first kappa shape index (κ1) is 16.2. The zero-order chi connectivity index (χ0) is 14.5. The number of nitrogens with one attached hydrogen (secondary N) is 2. The molecule has 112 valence electrons. The van der Waals surface area contributed by atoms with Crippen molar-refractivity contribution in [2.45, 2.75) is 64.6 Å². The fourth-order valence-corrected chi connectivity index (χ4v) is 2.48. The predicted octanol–water partition coefficient (Wildman–Crippen LogP) is 1.62. The van der Waals surface area contributed by atoms with Gasteiger partial charge in [-0.2, -0.15) is 0 Å². The second-order valence-corrected chi connectivity index (χ2v) is 6.49. The SMILES string of the molecule is CC(CNC1CCCC1CN)NC(=O)OC(C)(C)C. The zero-order valence-corrected chi connectivity index (χ0v) is 12.7. The number of amides is 1. The highest BCUT2D eigenvalue weighted by atomic mass is 16.6. The average molecular weight is 271 g/mol. The Morgan fingerprint density at radius 2 is 2.11 bits per heavy atom. The molecular formula is C14H29N3O2. The Morgan fingerprint density at radius 1 is 1.42 bits per heavy atom. The molecular weight excluding hydrogens is 242 g/mol. The number of hydrogen-bond acceptors (Lipinski definition) is 4. The van der Waals surface area contributed by atoms with Crippen molar-refractivity contribution in [3.05, 3.63) is 0 Å². The number of hydrogen-bond donors (Lipinski definition) is 3. The first-order chi connectivity index (χ1) is 8.81. The molecule has 0 aromatic rings. The maximum absolute atomic E-state index is 11.6. The summed E-state index contributed by atoms with van der Waals surface area (Å²) in [7, 11) is 0. The second-order valence-electron chi connectivity index (χ2n) is 6.49. The van der Waals surface area contributed by atoms with Gasteiger partial charge < -0.3 is 21.1 Å². The molecule has 1 fully saturated rings. The summed E-state index contributed by atoms with van der Waals surface area (Å²) in [4.78, 5) is 11.6. The monoisotopic (exact) mass is 271 g/mol. The van der Waals surface area contributed by atoms with Crippen LogP contribution in [0.5, 0.6) is 0 Å². The van der Waals surface area contributed by atoms with Crippen LogP contribution >= 0.6 is 0 Å². The lowest BCUT2D eigenvalue weighted by Crippen LogP contribution is -2.46. The molecule has 5 nitrogen and oxygen atoms in total. The van der Waals surface area contributed by atoms with Crippen LogP contribution in [0.4, 0.5) is 4.79 Å². The highest BCUT2D eigenvalue weighted by molar-refractivity contribution is 5.68. The Hall–Kier alpha value is -0.810. The first-order valence-electron chi connectivity index (χ1n) is 7.25. The minimum absolute atomic E-state index is 0.0499. The summed E-state index contributed by atoms with van der Waals surface area (Å²) in [6, 6.07) is 0.543. The van der Waals surface area contributed by atoms with Gasteiger partial charge in [0.1, 0.15) is 5.60 Å². The van der Waals surface area contributed by atoms with E-state index in [2.05, 4.69) is 10.6 Å². The standard InChI is InChI=1S/C14H29N3O2/c1-10(17-13(18)19-14(2,3)4)9-16-12-7-5-6-11(12)8-15/h10-12,16H,5-9,15H2,1-4H3,(H,17,18). The maximum atomic E-state index is 11.6. The van der Waals surface area contributed by atoms with Crippen LogP contribution in [0.3, 0.4) is 0 Å². The summed E-state index contributed by atoms with van der Waals surface area (Å²) in [6.45, 7) is 9.05. The van der Waals surface area contributed by atoms with Gasteiger partial charge in [-0.3, -0.25) is 0 Å². The Balaban J connectivity index is 2.24. The van der Waals surface area contributed by atoms with Crippen molar-refractivity contribution < 1.29 is 9.53 Å². The van der Waals surface area contributed by atoms with Gasteiger partial charge >= 0.3 is 6.09 Å². The molecule has 0 aliphatic heterocycles. The van der Waals surface area contributed by atoms with Crippen molar-refractivity contribution in [2.24, 2.45) is 11.7 Å². The van der Waals surface area contributed by atoms with Gasteiger partial charge in [-0.25, -0.2) is 4.79 Å². The number of nitrogens with two attached hydrogens (primary N) is 1. The lowest BCUT2D eigenvalue weighted by molar-refractivity contribution is 0.0507. The van der Waals surface area contributed by atoms with Crippen molar-refractivity contribution in [1.29, 1.82) is 0 Å². The van der Waals surface area contributed by atoms with Gasteiger partial charge in [0.15, 0.2) is 0 Å². The highest BCUT2D eigenvalue weighted by Gasteiger charge is 2.26. The van der Waals surface area contributed by atoms with Crippen LogP contribution < -0.4 is 16.4 Å². The topological polar surface area (TPSA) is 76.4 Å². The van der Waals surface area contributed by atoms with Crippen LogP contribution in [0.25, 0.3) is 0 Å². The summed E-state index contributed by atoms with van der Waals surface area (Å²) in [5.74, 6) is 0.578. The molecule has 5 heteroatoms. The third-order valence-corrected chi connectivity index (χ3v) is 3.41. The van der Waals surface area contributed by atoms with Crippen LogP contribution in [0.1, 0.15) is 47.0 Å². The maximum Gasteiger partial charge on any atom is 0.407 e. The summed E-state index contributed by atoms with van der Waals surface area (Å²) in [6.07, 6.45) is 3.28. The molecule has 0 aromatic carbocycles. The van der Waals surface area contributed by atoms with E-state index in [1.807, 2.05) is 27.7 Å². The summed E-state index contributed by atoms with van der Waals surface area (Å²) in [5, 5.41) is 6.34. The van der Waals surface area contributed by atoms with E-state index in [9.17, 15) is 4.79 Å². The molecule has 1 saturated carbocycles. The molecule has 0 bridgehead atoms. The van der Waals surface area contributed by atoms with Gasteiger partial charge in [-0.1, -0.05) is 6.42 Å². The van der Waals surface area contributed by atoms with Crippen molar-refractivity contribution in [2.75, 3.05) is 13.1 Å². The van der Waals surface area contributed by atoms with Crippen LogP contribution in [-0.4, -0.2) is 36.9 Å². The largest absolute Gasteiger partial charge is 0.444 e. The summed E-state index contributed by atoms with van der Waals surface area (Å²) in [5.41, 5.74) is 5.30. The number of carbonyl (C=O) groups excluding carboxylic acids is 1. The molecule has 1 rings (SSSR count). The molecule has 0 radical (unpaired) electrons. The molecule has 0 spiro atoms. The minimum atomic E-state index is -0.451. The molecule has 0 heterocycles. The summed E-state index contributed by atoms with van der Waals surface area (Å²) < 4.78 is 5.22. The van der Waals surface area contributed by atoms with Gasteiger partial charge in [0.25, 0.3) is 0 Å². The number of alkyl carbamates (subject to hydrolysis) is 1. The van der Waals surface area contributed by atoms with Gasteiger partial charge in [-0.05, 0) is 53.0 Å². The number of rotatable bonds is 5. The third kappa shape index (κ3) is 6.25. The van der Waals surface area contributed by atoms with Gasteiger partial charge in [-0.15, -0.1) is 0 Å². The van der Waals surface area contributed by atoms with Gasteiger partial charge in [0.2, 0.25) is 0 Å². The third-order valence-electron chi connectivity index (χ3n) is 3.41. The lowest BCUT2D eigenvalue weighted by Gasteiger charge is -2.24. The summed E-state index contributed by atoms with van der Waals surface area (Å²) >= 11 is 0. The minimum Gasteiger partial charge on any atom is -0.444 e. The van der Waals surface area contributed by atoms with Crippen LogP contribution in [-0.2, 0) is 4.74 Å². The Labute approximate surface area is 116 Å². The molecule has 0 aromatic heterocycles. The second kappa shape index (κ2) is 7.10. The average Bonchev–Trinajstić information content (AvgIpc) is 2.70. The molecule has 4 N–H and O–H groups in total. The van der Waals surface area contributed by atoms with Crippen LogP contribution in [0.15, 0.2) is 0 Å². The van der Waals surface area contributed by atoms with Crippen LogP contribution in [0.2, 0.25) is 0 Å². The van der Waals surface area contributed by atoms with E-state index in [1.54, 1.807) is 0 Å². The van der Waals surface area contributed by atoms with Gasteiger partial charge in [0, 0.05) is 18.6 Å². The quantitative estimate of drug-likeness (QED) is 0.710. The highest BCUT2D eigenvalue weighted by Crippen LogP contribution is 2.24. The molecule has 0 saturated heterocycles. The van der Waals surface area contributed by atoms with Crippen molar-refractivity contribution >= 4 is 6.09 Å². The normalized spacial score (nSPS) is 25.1. The predicted molar refractivity (Wildman–Crippen MR) is 77.0 cm³/mol. The molecule has 3 atom stereocenters. The van der Waals surface area contributed by atoms with E-state index < -0.39 is 5.60 Å². The zero-order valence-electron chi connectivity index (χ0n) is 12.7. The molecule has 19 heavy (non-hydrogen) atoms. The van der Waals surface area contributed by atoms with Crippen LogP contribution in [0, 0.1) is 5.92 Å². The Bertz CT molecular complexity index is 289. The van der Waals surface area contributed by atoms with E-state index in [4.69, 9.17) is 10.5 Å². The molecule has 1 amide bonds. The van der Waals surface area contributed by atoms with Crippen molar-refractivity contribution in [3.63, 3.8) is 0 Å². The van der Waals surface area contributed by atoms with E-state index in [1.165, 1.54) is 19.3 Å². The number of ether oxygens (including phenoxy) is 1. The van der Waals surface area contributed by atoms with Crippen molar-refractivity contribution in [3.8, 4) is 0 Å². The van der Waals surface area contributed by atoms with E-state index >= 15 is 0 Å². The molecule has 3 unspecified atom stereocenters. The molecule has 1 aliphatic rings. The Morgan fingerprint density at radius 3 is 2.68 bits per heavy atom. The van der Waals surface area contributed by atoms with E-state index in [-0.39, 0.29) is 12.1 Å².